The van der Waals surface area contributed by atoms with Gasteiger partial charge in [-0.1, -0.05) is 18.2 Å². The SMILES string of the molecule is O=C(O)c1nnc2ccccc2c1NCc1ccncc1. The summed E-state index contributed by atoms with van der Waals surface area (Å²) >= 11 is 0. The first kappa shape index (κ1) is 13.0. The van der Waals surface area contributed by atoms with Crippen LogP contribution in [0.15, 0.2) is 48.8 Å². The summed E-state index contributed by atoms with van der Waals surface area (Å²) in [5.74, 6) is -1.11. The first-order valence-corrected chi connectivity index (χ1v) is 6.37. The molecule has 3 aromatic rings. The predicted molar refractivity (Wildman–Crippen MR) is 78.1 cm³/mol. The number of fused-ring (bicyclic) bond motifs is 1. The number of aromatic carboxylic acids is 1. The first-order chi connectivity index (χ1) is 10.3. The van der Waals surface area contributed by atoms with Gasteiger partial charge in [-0.15, -0.1) is 10.2 Å². The maximum atomic E-state index is 11.3. The number of nitrogens with one attached hydrogen (secondary N) is 1. The zero-order chi connectivity index (χ0) is 14.7. The average molecular weight is 280 g/mol. The van der Waals surface area contributed by atoms with E-state index in [1.807, 2.05) is 30.3 Å². The van der Waals surface area contributed by atoms with Crippen molar-refractivity contribution >= 4 is 22.6 Å². The van der Waals surface area contributed by atoms with Crippen molar-refractivity contribution in [2.75, 3.05) is 5.32 Å². The third-order valence-electron chi connectivity index (χ3n) is 3.09. The van der Waals surface area contributed by atoms with Gasteiger partial charge in [0.2, 0.25) is 0 Å². The lowest BCUT2D eigenvalue weighted by molar-refractivity contribution is 0.0690. The van der Waals surface area contributed by atoms with Crippen LogP contribution in [-0.2, 0) is 6.54 Å². The van der Waals surface area contributed by atoms with E-state index in [4.69, 9.17) is 0 Å². The summed E-state index contributed by atoms with van der Waals surface area (Å²) in [4.78, 5) is 15.3. The molecule has 1 aromatic carbocycles. The summed E-state index contributed by atoms with van der Waals surface area (Å²) in [6, 6.07) is 11.0. The molecule has 104 valence electrons. The molecule has 0 saturated carbocycles. The minimum atomic E-state index is -1.11. The zero-order valence-electron chi connectivity index (χ0n) is 11.0. The number of carboxylic acids is 1. The summed E-state index contributed by atoms with van der Waals surface area (Å²) in [5.41, 5.74) is 2.05. The summed E-state index contributed by atoms with van der Waals surface area (Å²) in [6.45, 7) is 0.485. The van der Waals surface area contributed by atoms with Crippen LogP contribution in [-0.4, -0.2) is 26.3 Å². The molecule has 2 N–H and O–H groups in total. The molecule has 0 spiro atoms. The molecular formula is C15H12N4O2. The molecule has 2 aromatic heterocycles. The van der Waals surface area contributed by atoms with Gasteiger partial charge in [0, 0.05) is 24.3 Å². The first-order valence-electron chi connectivity index (χ1n) is 6.37. The second kappa shape index (κ2) is 5.54. The fourth-order valence-electron chi connectivity index (χ4n) is 2.07. The smallest absolute Gasteiger partial charge is 0.358 e. The molecule has 6 nitrogen and oxygen atoms in total. The van der Waals surface area contributed by atoms with Crippen LogP contribution in [0.1, 0.15) is 16.1 Å². The van der Waals surface area contributed by atoms with Gasteiger partial charge in [0.05, 0.1) is 11.2 Å². The number of pyridine rings is 1. The van der Waals surface area contributed by atoms with Gasteiger partial charge in [0.25, 0.3) is 0 Å². The largest absolute Gasteiger partial charge is 0.476 e. The minimum Gasteiger partial charge on any atom is -0.476 e. The lowest BCUT2D eigenvalue weighted by atomic mass is 10.1. The Kier molecular flexibility index (Phi) is 3.42. The Balaban J connectivity index is 2.02. The Bertz CT molecular complexity index is 790. The lowest BCUT2D eigenvalue weighted by Crippen LogP contribution is -2.10. The number of anilines is 1. The highest BCUT2D eigenvalue weighted by atomic mass is 16.4. The molecule has 0 atom stereocenters. The van der Waals surface area contributed by atoms with Gasteiger partial charge in [0.15, 0.2) is 5.69 Å². The maximum absolute atomic E-state index is 11.3. The van der Waals surface area contributed by atoms with E-state index in [1.165, 1.54) is 0 Å². The Morgan fingerprint density at radius 2 is 1.86 bits per heavy atom. The van der Waals surface area contributed by atoms with Gasteiger partial charge in [-0.3, -0.25) is 4.98 Å². The highest BCUT2D eigenvalue weighted by Crippen LogP contribution is 2.24. The second-order valence-corrected chi connectivity index (χ2v) is 4.45. The van der Waals surface area contributed by atoms with Gasteiger partial charge in [0.1, 0.15) is 0 Å². The molecule has 2 heterocycles. The molecule has 6 heteroatoms. The average Bonchev–Trinajstić information content (AvgIpc) is 2.53. The van der Waals surface area contributed by atoms with Crippen molar-refractivity contribution in [3.63, 3.8) is 0 Å². The Labute approximate surface area is 120 Å². The topological polar surface area (TPSA) is 88.0 Å². The second-order valence-electron chi connectivity index (χ2n) is 4.45. The molecule has 3 rings (SSSR count). The van der Waals surface area contributed by atoms with Crippen molar-refractivity contribution in [2.45, 2.75) is 6.54 Å². The minimum absolute atomic E-state index is 0.0808. The Morgan fingerprint density at radius 3 is 2.62 bits per heavy atom. The molecule has 0 bridgehead atoms. The molecule has 0 aliphatic carbocycles. The van der Waals surface area contributed by atoms with E-state index in [0.717, 1.165) is 10.9 Å². The number of hydrogen-bond donors (Lipinski definition) is 2. The van der Waals surface area contributed by atoms with Crippen LogP contribution in [0, 0.1) is 0 Å². The lowest BCUT2D eigenvalue weighted by Gasteiger charge is -2.11. The molecule has 0 fully saturated rings. The van der Waals surface area contributed by atoms with Crippen LogP contribution in [0.4, 0.5) is 5.69 Å². The summed E-state index contributed by atoms with van der Waals surface area (Å²) in [6.07, 6.45) is 3.38. The molecular weight excluding hydrogens is 268 g/mol. The molecule has 0 aliphatic heterocycles. The van der Waals surface area contributed by atoms with E-state index in [1.54, 1.807) is 18.5 Å². The number of hydrogen-bond acceptors (Lipinski definition) is 5. The summed E-state index contributed by atoms with van der Waals surface area (Å²) < 4.78 is 0. The van der Waals surface area contributed by atoms with E-state index in [2.05, 4.69) is 20.5 Å². The Hall–Kier alpha value is -3.02. The number of nitrogens with zero attached hydrogens (tertiary/aromatic N) is 3. The van der Waals surface area contributed by atoms with Crippen molar-refractivity contribution in [2.24, 2.45) is 0 Å². The number of aromatic nitrogens is 3. The molecule has 0 radical (unpaired) electrons. The maximum Gasteiger partial charge on any atom is 0.358 e. The van der Waals surface area contributed by atoms with Crippen LogP contribution in [0.25, 0.3) is 10.9 Å². The van der Waals surface area contributed by atoms with Gasteiger partial charge >= 0.3 is 5.97 Å². The highest BCUT2D eigenvalue weighted by molar-refractivity contribution is 6.02. The van der Waals surface area contributed by atoms with E-state index in [-0.39, 0.29) is 5.69 Å². The standard InChI is InChI=1S/C15H12N4O2/c20-15(21)14-13(17-9-10-5-7-16-8-6-10)11-3-1-2-4-12(11)18-19-14/h1-8H,9H2,(H,17,18)(H,20,21). The van der Waals surface area contributed by atoms with Crippen LogP contribution < -0.4 is 5.32 Å². The van der Waals surface area contributed by atoms with Crippen molar-refractivity contribution in [3.8, 4) is 0 Å². The fraction of sp³-hybridized carbons (Fsp3) is 0.0667. The van der Waals surface area contributed by atoms with Crippen molar-refractivity contribution in [1.82, 2.24) is 15.2 Å². The highest BCUT2D eigenvalue weighted by Gasteiger charge is 2.16. The van der Waals surface area contributed by atoms with E-state index >= 15 is 0 Å². The van der Waals surface area contributed by atoms with Gasteiger partial charge in [-0.2, -0.15) is 0 Å². The number of carbonyl (C=O) groups is 1. The quantitative estimate of drug-likeness (QED) is 0.762. The number of rotatable bonds is 4. The van der Waals surface area contributed by atoms with E-state index < -0.39 is 5.97 Å². The van der Waals surface area contributed by atoms with Crippen LogP contribution >= 0.6 is 0 Å². The van der Waals surface area contributed by atoms with Gasteiger partial charge in [-0.25, -0.2) is 4.79 Å². The monoisotopic (exact) mass is 280 g/mol. The van der Waals surface area contributed by atoms with Crippen molar-refractivity contribution in [1.29, 1.82) is 0 Å². The molecule has 0 amide bonds. The summed E-state index contributed by atoms with van der Waals surface area (Å²) in [5, 5.41) is 20.9. The normalized spacial score (nSPS) is 10.5. The van der Waals surface area contributed by atoms with Crippen molar-refractivity contribution < 1.29 is 9.90 Å². The van der Waals surface area contributed by atoms with Gasteiger partial charge in [-0.05, 0) is 23.8 Å². The third kappa shape index (κ3) is 2.64. The van der Waals surface area contributed by atoms with Crippen LogP contribution in [0.5, 0.6) is 0 Å². The van der Waals surface area contributed by atoms with Gasteiger partial charge < -0.3 is 10.4 Å². The fourth-order valence-corrected chi connectivity index (χ4v) is 2.07. The predicted octanol–water partition coefficient (Wildman–Crippen LogP) is 2.34. The Morgan fingerprint density at radius 1 is 1.10 bits per heavy atom. The third-order valence-corrected chi connectivity index (χ3v) is 3.09. The van der Waals surface area contributed by atoms with Crippen molar-refractivity contribution in [3.05, 3.63) is 60.0 Å². The van der Waals surface area contributed by atoms with Crippen LogP contribution in [0.2, 0.25) is 0 Å². The van der Waals surface area contributed by atoms with E-state index in [9.17, 15) is 9.90 Å². The van der Waals surface area contributed by atoms with Crippen LogP contribution in [0.3, 0.4) is 0 Å². The molecule has 0 unspecified atom stereocenters. The van der Waals surface area contributed by atoms with E-state index in [0.29, 0.717) is 17.7 Å². The number of carboxylic acid groups (broad SMARTS) is 1. The molecule has 21 heavy (non-hydrogen) atoms. The number of benzene rings is 1. The molecule has 0 saturated heterocycles. The zero-order valence-corrected chi connectivity index (χ0v) is 11.0. The molecule has 0 aliphatic rings. The summed E-state index contributed by atoms with van der Waals surface area (Å²) in [7, 11) is 0.